The number of aliphatic imine (C=N–C) groups is 1. The van der Waals surface area contributed by atoms with Crippen molar-refractivity contribution in [1.82, 2.24) is 10.2 Å². The number of ether oxygens (including phenoxy) is 3. The van der Waals surface area contributed by atoms with Crippen LogP contribution in [0, 0.1) is 5.92 Å². The molecule has 3 saturated heterocycles. The van der Waals surface area contributed by atoms with Gasteiger partial charge < -0.3 is 24.4 Å². The zero-order valence-corrected chi connectivity index (χ0v) is 16.9. The van der Waals surface area contributed by atoms with Gasteiger partial charge in [-0.15, -0.1) is 0 Å². The minimum Gasteiger partial charge on any atom is -0.375 e. The maximum absolute atomic E-state index is 6.14. The van der Waals surface area contributed by atoms with Gasteiger partial charge in [0.15, 0.2) is 5.96 Å². The molecular weight excluding hydrogens is 354 g/mol. The molecule has 0 aliphatic carbocycles. The molecule has 3 heterocycles. The van der Waals surface area contributed by atoms with Crippen LogP contribution in [-0.4, -0.2) is 69.6 Å². The average Bonchev–Trinajstić information content (AvgIpc) is 3.30. The van der Waals surface area contributed by atoms with Gasteiger partial charge in [0.05, 0.1) is 18.8 Å². The van der Waals surface area contributed by atoms with Crippen molar-refractivity contribution in [3.8, 4) is 0 Å². The van der Waals surface area contributed by atoms with E-state index in [2.05, 4.69) is 45.5 Å². The van der Waals surface area contributed by atoms with Gasteiger partial charge in [-0.05, 0) is 31.2 Å². The fourth-order valence-corrected chi connectivity index (χ4v) is 4.61. The molecule has 154 valence electrons. The molecule has 3 fully saturated rings. The topological polar surface area (TPSA) is 55.3 Å². The second-order valence-electron chi connectivity index (χ2n) is 7.94. The fourth-order valence-electron chi connectivity index (χ4n) is 4.61. The third-order valence-electron chi connectivity index (χ3n) is 6.08. The quantitative estimate of drug-likeness (QED) is 0.636. The zero-order valence-electron chi connectivity index (χ0n) is 16.9. The molecule has 28 heavy (non-hydrogen) atoms. The van der Waals surface area contributed by atoms with Crippen molar-refractivity contribution in [1.29, 1.82) is 0 Å². The summed E-state index contributed by atoms with van der Waals surface area (Å²) < 4.78 is 18.0. The third kappa shape index (κ3) is 4.67. The van der Waals surface area contributed by atoms with Crippen LogP contribution < -0.4 is 5.32 Å². The molecule has 0 saturated carbocycles. The molecule has 4 atom stereocenters. The second-order valence-corrected chi connectivity index (χ2v) is 7.94. The highest BCUT2D eigenvalue weighted by Crippen LogP contribution is 2.33. The van der Waals surface area contributed by atoms with Crippen LogP contribution in [0.25, 0.3) is 0 Å². The predicted molar refractivity (Wildman–Crippen MR) is 110 cm³/mol. The smallest absolute Gasteiger partial charge is 0.193 e. The van der Waals surface area contributed by atoms with E-state index in [0.717, 1.165) is 64.7 Å². The third-order valence-corrected chi connectivity index (χ3v) is 6.08. The Balaban J connectivity index is 1.35. The lowest BCUT2D eigenvalue weighted by atomic mass is 9.89. The van der Waals surface area contributed by atoms with Crippen molar-refractivity contribution in [3.05, 3.63) is 35.9 Å². The molecule has 0 aromatic heterocycles. The summed E-state index contributed by atoms with van der Waals surface area (Å²) in [7, 11) is 1.87. The molecule has 3 aliphatic heterocycles. The van der Waals surface area contributed by atoms with E-state index in [1.165, 1.54) is 12.0 Å². The van der Waals surface area contributed by atoms with Gasteiger partial charge in [-0.1, -0.05) is 30.3 Å². The number of nitrogens with one attached hydrogen (secondary N) is 1. The first-order chi connectivity index (χ1) is 13.8. The van der Waals surface area contributed by atoms with Crippen LogP contribution in [0.4, 0.5) is 0 Å². The predicted octanol–water partition coefficient (Wildman–Crippen LogP) is 2.61. The van der Waals surface area contributed by atoms with Gasteiger partial charge in [0.25, 0.3) is 0 Å². The molecule has 1 aromatic carbocycles. The van der Waals surface area contributed by atoms with Crippen molar-refractivity contribution in [2.45, 2.75) is 44.0 Å². The molecule has 4 rings (SSSR count). The van der Waals surface area contributed by atoms with Crippen molar-refractivity contribution in [3.63, 3.8) is 0 Å². The minimum absolute atomic E-state index is 0.143. The van der Waals surface area contributed by atoms with Gasteiger partial charge in [-0.3, -0.25) is 4.99 Å². The summed E-state index contributed by atoms with van der Waals surface area (Å²) in [6, 6.07) is 10.6. The Hall–Kier alpha value is -1.63. The number of hydrogen-bond acceptors (Lipinski definition) is 4. The normalized spacial score (nSPS) is 31.8. The Bertz CT molecular complexity index is 633. The molecule has 0 radical (unpaired) electrons. The first-order valence-electron chi connectivity index (χ1n) is 10.7. The Morgan fingerprint density at radius 1 is 1.04 bits per heavy atom. The van der Waals surface area contributed by atoms with Gasteiger partial charge in [-0.25, -0.2) is 0 Å². The van der Waals surface area contributed by atoms with Gasteiger partial charge >= 0.3 is 0 Å². The van der Waals surface area contributed by atoms with E-state index in [1.54, 1.807) is 0 Å². The Kier molecular flexibility index (Phi) is 6.83. The number of hydrogen-bond donors (Lipinski definition) is 1. The van der Waals surface area contributed by atoms with E-state index in [4.69, 9.17) is 14.2 Å². The van der Waals surface area contributed by atoms with Gasteiger partial charge in [0.2, 0.25) is 0 Å². The van der Waals surface area contributed by atoms with E-state index < -0.39 is 0 Å². The second kappa shape index (κ2) is 9.72. The number of rotatable bonds is 4. The minimum atomic E-state index is 0.143. The highest BCUT2D eigenvalue weighted by atomic mass is 16.5. The van der Waals surface area contributed by atoms with Crippen molar-refractivity contribution >= 4 is 5.96 Å². The summed E-state index contributed by atoms with van der Waals surface area (Å²) in [5, 5.41) is 3.62. The molecule has 1 N–H and O–H groups in total. The number of guanidine groups is 1. The summed E-state index contributed by atoms with van der Waals surface area (Å²) in [5.41, 5.74) is 1.27. The molecule has 3 aliphatic rings. The van der Waals surface area contributed by atoms with E-state index >= 15 is 0 Å². The lowest BCUT2D eigenvalue weighted by molar-refractivity contribution is -0.0818. The van der Waals surface area contributed by atoms with Crippen molar-refractivity contribution in [2.24, 2.45) is 10.9 Å². The maximum atomic E-state index is 6.14. The first kappa shape index (κ1) is 19.7. The maximum Gasteiger partial charge on any atom is 0.193 e. The van der Waals surface area contributed by atoms with Crippen LogP contribution in [-0.2, 0) is 14.2 Å². The Morgan fingerprint density at radius 2 is 1.82 bits per heavy atom. The standard InChI is InChI=1S/C22H33N3O3/c1-23-22(25-11-14-27-20(16-25)19-10-6-12-26-19)24-15-18-9-5-13-28-21(18)17-7-3-2-4-8-17/h2-4,7-8,18-21H,5-6,9-16H2,1H3,(H,23,24). The van der Waals surface area contributed by atoms with Crippen molar-refractivity contribution in [2.75, 3.05) is 46.5 Å². The molecular formula is C22H33N3O3. The molecule has 0 spiro atoms. The van der Waals surface area contributed by atoms with Crippen LogP contribution in [0.5, 0.6) is 0 Å². The van der Waals surface area contributed by atoms with Gasteiger partial charge in [-0.2, -0.15) is 0 Å². The number of morpholine rings is 1. The largest absolute Gasteiger partial charge is 0.375 e. The molecule has 0 amide bonds. The highest BCUT2D eigenvalue weighted by molar-refractivity contribution is 5.80. The van der Waals surface area contributed by atoms with E-state index in [9.17, 15) is 0 Å². The van der Waals surface area contributed by atoms with Gasteiger partial charge in [0, 0.05) is 45.8 Å². The summed E-state index contributed by atoms with van der Waals surface area (Å²) in [5.74, 6) is 1.41. The van der Waals surface area contributed by atoms with E-state index in [-0.39, 0.29) is 18.3 Å². The highest BCUT2D eigenvalue weighted by Gasteiger charge is 2.33. The summed E-state index contributed by atoms with van der Waals surface area (Å²) >= 11 is 0. The van der Waals surface area contributed by atoms with E-state index in [0.29, 0.717) is 5.92 Å². The zero-order chi connectivity index (χ0) is 19.2. The van der Waals surface area contributed by atoms with E-state index in [1.807, 2.05) is 7.05 Å². The van der Waals surface area contributed by atoms with Gasteiger partial charge in [0.1, 0.15) is 6.10 Å². The van der Waals surface area contributed by atoms with Crippen LogP contribution in [0.1, 0.15) is 37.4 Å². The fraction of sp³-hybridized carbons (Fsp3) is 0.682. The van der Waals surface area contributed by atoms with Crippen LogP contribution in [0.2, 0.25) is 0 Å². The average molecular weight is 388 g/mol. The molecule has 1 aromatic rings. The van der Waals surface area contributed by atoms with Crippen molar-refractivity contribution < 1.29 is 14.2 Å². The lowest BCUT2D eigenvalue weighted by Gasteiger charge is -2.38. The molecule has 6 nitrogen and oxygen atoms in total. The first-order valence-corrected chi connectivity index (χ1v) is 10.7. The monoisotopic (exact) mass is 387 g/mol. The number of benzene rings is 1. The Labute approximate surface area is 168 Å². The van der Waals surface area contributed by atoms with Crippen LogP contribution in [0.3, 0.4) is 0 Å². The molecule has 0 bridgehead atoms. The SMILES string of the molecule is CN=C(NCC1CCCOC1c1ccccc1)N1CCOC(C2CCCO2)C1. The molecule has 4 unspecified atom stereocenters. The van der Waals surface area contributed by atoms with Crippen LogP contribution >= 0.6 is 0 Å². The summed E-state index contributed by atoms with van der Waals surface area (Å²) in [4.78, 5) is 6.87. The molecule has 6 heteroatoms. The summed E-state index contributed by atoms with van der Waals surface area (Å²) in [6.07, 6.45) is 5.06. The summed E-state index contributed by atoms with van der Waals surface area (Å²) in [6.45, 7) is 5.01. The van der Waals surface area contributed by atoms with Crippen LogP contribution in [0.15, 0.2) is 35.3 Å². The lowest BCUT2D eigenvalue weighted by Crippen LogP contribution is -2.54. The number of nitrogens with zero attached hydrogens (tertiary/aromatic N) is 2. The Morgan fingerprint density at radius 3 is 2.61 bits per heavy atom.